The fourth-order valence-electron chi connectivity index (χ4n) is 2.66. The first-order valence-corrected chi connectivity index (χ1v) is 8.57. The van der Waals surface area contributed by atoms with Crippen LogP contribution >= 0.6 is 0 Å². The first kappa shape index (κ1) is 19.4. The van der Waals surface area contributed by atoms with Gasteiger partial charge in [-0.05, 0) is 25.8 Å². The molecular formula is C18H24N4O4. The van der Waals surface area contributed by atoms with Gasteiger partial charge in [0.2, 0.25) is 5.91 Å². The average Bonchev–Trinajstić information content (AvgIpc) is 2.80. The summed E-state index contributed by atoms with van der Waals surface area (Å²) in [5, 5.41) is 7.28. The molecule has 2 rings (SSSR count). The zero-order valence-electron chi connectivity index (χ0n) is 15.2. The summed E-state index contributed by atoms with van der Waals surface area (Å²) in [5.41, 5.74) is 0.412. The van der Waals surface area contributed by atoms with Gasteiger partial charge in [-0.1, -0.05) is 43.2 Å². The number of carbonyl (C=O) groups excluding carboxylic acids is 4. The topological polar surface area (TPSA) is 108 Å². The van der Waals surface area contributed by atoms with Crippen molar-refractivity contribution in [2.24, 2.45) is 0 Å². The van der Waals surface area contributed by atoms with Crippen molar-refractivity contribution in [3.8, 4) is 0 Å². The lowest BCUT2D eigenvalue weighted by Gasteiger charge is -2.22. The van der Waals surface area contributed by atoms with E-state index in [4.69, 9.17) is 0 Å². The van der Waals surface area contributed by atoms with Gasteiger partial charge in [-0.15, -0.1) is 0 Å². The molecule has 8 nitrogen and oxygen atoms in total. The SMILES string of the molecule is CCCCNC(=O)NC(=O)CN1C(=O)N[C@](C)(c2ccc(C)cc2)C1=O. The third kappa shape index (κ3) is 4.19. The number of amides is 6. The fourth-order valence-corrected chi connectivity index (χ4v) is 2.66. The highest BCUT2D eigenvalue weighted by molar-refractivity contribution is 6.10. The van der Waals surface area contributed by atoms with Gasteiger partial charge in [0.25, 0.3) is 5.91 Å². The van der Waals surface area contributed by atoms with Crippen LogP contribution in [0.15, 0.2) is 24.3 Å². The van der Waals surface area contributed by atoms with Gasteiger partial charge in [-0.3, -0.25) is 19.8 Å². The molecule has 0 bridgehead atoms. The Morgan fingerprint density at radius 2 is 1.85 bits per heavy atom. The van der Waals surface area contributed by atoms with Crippen LogP contribution in [0.3, 0.4) is 0 Å². The van der Waals surface area contributed by atoms with Crippen LogP contribution in [0.2, 0.25) is 0 Å². The van der Waals surface area contributed by atoms with Gasteiger partial charge in [0.15, 0.2) is 0 Å². The highest BCUT2D eigenvalue weighted by Gasteiger charge is 2.49. The van der Waals surface area contributed by atoms with Gasteiger partial charge in [0.1, 0.15) is 12.1 Å². The summed E-state index contributed by atoms with van der Waals surface area (Å²) in [6.45, 7) is 5.42. The van der Waals surface area contributed by atoms with Crippen molar-refractivity contribution in [2.75, 3.05) is 13.1 Å². The van der Waals surface area contributed by atoms with Gasteiger partial charge in [-0.25, -0.2) is 9.59 Å². The molecule has 1 aliphatic heterocycles. The summed E-state index contributed by atoms with van der Waals surface area (Å²) >= 11 is 0. The summed E-state index contributed by atoms with van der Waals surface area (Å²) in [7, 11) is 0. The van der Waals surface area contributed by atoms with E-state index >= 15 is 0 Å². The van der Waals surface area contributed by atoms with E-state index in [0.717, 1.165) is 23.3 Å². The van der Waals surface area contributed by atoms with Crippen molar-refractivity contribution in [2.45, 2.75) is 39.2 Å². The minimum absolute atomic E-state index is 0.449. The second-order valence-corrected chi connectivity index (χ2v) is 6.47. The van der Waals surface area contributed by atoms with E-state index in [1.807, 2.05) is 26.0 Å². The molecule has 0 saturated carbocycles. The molecule has 0 radical (unpaired) electrons. The lowest BCUT2D eigenvalue weighted by Crippen LogP contribution is -2.47. The van der Waals surface area contributed by atoms with Crippen LogP contribution in [0.5, 0.6) is 0 Å². The lowest BCUT2D eigenvalue weighted by molar-refractivity contribution is -0.134. The zero-order chi connectivity index (χ0) is 19.3. The molecule has 140 valence electrons. The van der Waals surface area contributed by atoms with Crippen LogP contribution in [0, 0.1) is 6.92 Å². The summed E-state index contributed by atoms with van der Waals surface area (Å²) in [4.78, 5) is 49.3. The van der Waals surface area contributed by atoms with Crippen molar-refractivity contribution in [1.82, 2.24) is 20.9 Å². The molecule has 1 aromatic carbocycles. The maximum atomic E-state index is 12.7. The van der Waals surface area contributed by atoms with Crippen LogP contribution in [-0.4, -0.2) is 41.9 Å². The molecule has 6 amide bonds. The minimum Gasteiger partial charge on any atom is -0.338 e. The van der Waals surface area contributed by atoms with Gasteiger partial charge < -0.3 is 10.6 Å². The normalized spacial score (nSPS) is 19.3. The Labute approximate surface area is 152 Å². The van der Waals surface area contributed by atoms with Crippen LogP contribution in [0.1, 0.15) is 37.8 Å². The summed E-state index contributed by atoms with van der Waals surface area (Å²) in [6.07, 6.45) is 1.71. The maximum Gasteiger partial charge on any atom is 0.325 e. The summed E-state index contributed by atoms with van der Waals surface area (Å²) in [5.74, 6) is -1.26. The van der Waals surface area contributed by atoms with Crippen molar-refractivity contribution in [3.63, 3.8) is 0 Å². The monoisotopic (exact) mass is 360 g/mol. The number of hydrogen-bond acceptors (Lipinski definition) is 4. The van der Waals surface area contributed by atoms with Crippen LogP contribution in [0.4, 0.5) is 9.59 Å². The predicted molar refractivity (Wildman–Crippen MR) is 95.2 cm³/mol. The molecule has 0 unspecified atom stereocenters. The highest BCUT2D eigenvalue weighted by atomic mass is 16.2. The molecule has 1 atom stereocenters. The highest BCUT2D eigenvalue weighted by Crippen LogP contribution is 2.28. The van der Waals surface area contributed by atoms with Crippen molar-refractivity contribution in [1.29, 1.82) is 0 Å². The molecule has 8 heteroatoms. The molecule has 0 aliphatic carbocycles. The molecule has 1 fully saturated rings. The molecule has 1 saturated heterocycles. The second-order valence-electron chi connectivity index (χ2n) is 6.47. The number of nitrogens with zero attached hydrogens (tertiary/aromatic N) is 1. The number of hydrogen-bond donors (Lipinski definition) is 3. The number of imide groups is 2. The summed E-state index contributed by atoms with van der Waals surface area (Å²) in [6, 6.07) is 5.90. The molecule has 0 aromatic heterocycles. The van der Waals surface area contributed by atoms with E-state index in [-0.39, 0.29) is 0 Å². The Morgan fingerprint density at radius 1 is 1.19 bits per heavy atom. The smallest absolute Gasteiger partial charge is 0.325 e. The van der Waals surface area contributed by atoms with Gasteiger partial charge in [0.05, 0.1) is 0 Å². The standard InChI is InChI=1S/C18H24N4O4/c1-4-5-10-19-16(25)20-14(23)11-22-15(24)18(3,21-17(22)26)13-8-6-12(2)7-9-13/h6-9H,4-5,10-11H2,1-3H3,(H,21,26)(H2,19,20,23,25)/t18-/m1/s1. The lowest BCUT2D eigenvalue weighted by atomic mass is 9.91. The van der Waals surface area contributed by atoms with E-state index in [1.54, 1.807) is 19.1 Å². The zero-order valence-corrected chi connectivity index (χ0v) is 15.2. The first-order chi connectivity index (χ1) is 12.3. The molecule has 1 heterocycles. The van der Waals surface area contributed by atoms with Crippen LogP contribution in [-0.2, 0) is 15.1 Å². The van der Waals surface area contributed by atoms with E-state index in [1.165, 1.54) is 0 Å². The van der Waals surface area contributed by atoms with Crippen molar-refractivity contribution < 1.29 is 19.2 Å². The summed E-state index contributed by atoms with van der Waals surface area (Å²) < 4.78 is 0. The predicted octanol–water partition coefficient (Wildman–Crippen LogP) is 1.39. The van der Waals surface area contributed by atoms with E-state index in [0.29, 0.717) is 12.1 Å². The largest absolute Gasteiger partial charge is 0.338 e. The number of carbonyl (C=O) groups is 4. The maximum absolute atomic E-state index is 12.7. The molecule has 3 N–H and O–H groups in total. The van der Waals surface area contributed by atoms with Gasteiger partial charge in [-0.2, -0.15) is 0 Å². The number of unbranched alkanes of at least 4 members (excludes halogenated alkanes) is 1. The van der Waals surface area contributed by atoms with E-state index in [2.05, 4.69) is 16.0 Å². The van der Waals surface area contributed by atoms with E-state index in [9.17, 15) is 19.2 Å². The number of benzene rings is 1. The number of nitrogens with one attached hydrogen (secondary N) is 3. The minimum atomic E-state index is -1.24. The van der Waals surface area contributed by atoms with Crippen LogP contribution in [0.25, 0.3) is 0 Å². The van der Waals surface area contributed by atoms with Crippen molar-refractivity contribution >= 4 is 23.9 Å². The number of aryl methyl sites for hydroxylation is 1. The Hall–Kier alpha value is -2.90. The number of urea groups is 2. The van der Waals surface area contributed by atoms with E-state index < -0.39 is 36.0 Å². The van der Waals surface area contributed by atoms with Crippen LogP contribution < -0.4 is 16.0 Å². The third-order valence-electron chi connectivity index (χ3n) is 4.27. The third-order valence-corrected chi connectivity index (χ3v) is 4.27. The van der Waals surface area contributed by atoms with Crippen molar-refractivity contribution in [3.05, 3.63) is 35.4 Å². The molecule has 1 aliphatic rings. The molecule has 1 aromatic rings. The van der Waals surface area contributed by atoms with Gasteiger partial charge in [0, 0.05) is 6.54 Å². The second kappa shape index (κ2) is 7.99. The average molecular weight is 360 g/mol. The Balaban J connectivity index is 2.01. The Bertz CT molecular complexity index is 716. The Kier molecular flexibility index (Phi) is 5.97. The fraction of sp³-hybridized carbons (Fsp3) is 0.444. The quantitative estimate of drug-likeness (QED) is 0.526. The molecular weight excluding hydrogens is 336 g/mol. The Morgan fingerprint density at radius 3 is 2.46 bits per heavy atom. The molecule has 26 heavy (non-hydrogen) atoms. The first-order valence-electron chi connectivity index (χ1n) is 8.57. The number of rotatable bonds is 6. The molecule has 0 spiro atoms. The van der Waals surface area contributed by atoms with Gasteiger partial charge >= 0.3 is 12.1 Å².